The van der Waals surface area contributed by atoms with Crippen LogP contribution in [0.25, 0.3) is 0 Å². The molecule has 0 saturated heterocycles. The van der Waals surface area contributed by atoms with Crippen molar-refractivity contribution in [1.82, 2.24) is 4.90 Å². The van der Waals surface area contributed by atoms with E-state index < -0.39 is 0 Å². The minimum absolute atomic E-state index is 0. The van der Waals surface area contributed by atoms with Gasteiger partial charge in [-0.05, 0) is 62.5 Å². The molecule has 1 atom stereocenters. The summed E-state index contributed by atoms with van der Waals surface area (Å²) < 4.78 is 0. The molecule has 1 unspecified atom stereocenters. The molecule has 0 amide bonds. The van der Waals surface area contributed by atoms with E-state index in [1.54, 1.807) is 6.07 Å². The molecule has 3 heteroatoms. The van der Waals surface area contributed by atoms with Gasteiger partial charge in [0.05, 0.1) is 0 Å². The zero-order chi connectivity index (χ0) is 10.8. The maximum Gasteiger partial charge on any atom is 0.115 e. The number of rotatable bonds is 2. The first-order chi connectivity index (χ1) is 7.15. The maximum absolute atomic E-state index is 9.45. The minimum Gasteiger partial charge on any atom is -0.508 e. The van der Waals surface area contributed by atoms with Crippen molar-refractivity contribution in [1.29, 1.82) is 0 Å². The van der Waals surface area contributed by atoms with E-state index in [9.17, 15) is 5.11 Å². The van der Waals surface area contributed by atoms with Gasteiger partial charge < -0.3 is 10.0 Å². The standard InChI is InChI=1S/C13H19NO.ClH/c1-14(2)9-10-3-4-11-5-6-13(15)8-12(11)7-10;/h5-6,8,10,15H,3-4,7,9H2,1-2H3;1H. The third-order valence-electron chi connectivity index (χ3n) is 3.14. The van der Waals surface area contributed by atoms with Gasteiger partial charge in [-0.1, -0.05) is 6.07 Å². The Morgan fingerprint density at radius 3 is 2.75 bits per heavy atom. The lowest BCUT2D eigenvalue weighted by Crippen LogP contribution is -2.26. The van der Waals surface area contributed by atoms with Crippen LogP contribution in [-0.4, -0.2) is 30.6 Å². The summed E-state index contributed by atoms with van der Waals surface area (Å²) in [6.45, 7) is 1.15. The Balaban J connectivity index is 0.00000128. The highest BCUT2D eigenvalue weighted by Gasteiger charge is 2.19. The van der Waals surface area contributed by atoms with E-state index in [0.29, 0.717) is 5.75 Å². The van der Waals surface area contributed by atoms with Crippen LogP contribution in [0.3, 0.4) is 0 Å². The van der Waals surface area contributed by atoms with Crippen molar-refractivity contribution in [3.63, 3.8) is 0 Å². The molecule has 0 saturated carbocycles. The average Bonchev–Trinajstić information content (AvgIpc) is 2.16. The van der Waals surface area contributed by atoms with Crippen molar-refractivity contribution in [3.05, 3.63) is 29.3 Å². The monoisotopic (exact) mass is 241 g/mol. The van der Waals surface area contributed by atoms with Crippen molar-refractivity contribution in [2.75, 3.05) is 20.6 Å². The Kier molecular flexibility index (Phi) is 4.63. The summed E-state index contributed by atoms with van der Waals surface area (Å²) in [5.74, 6) is 1.15. The average molecular weight is 242 g/mol. The Bertz CT molecular complexity index is 352. The fraction of sp³-hybridized carbons (Fsp3) is 0.538. The predicted octanol–water partition coefficient (Wildman–Crippen LogP) is 2.48. The highest BCUT2D eigenvalue weighted by atomic mass is 35.5. The Hall–Kier alpha value is -0.730. The Morgan fingerprint density at radius 2 is 2.06 bits per heavy atom. The summed E-state index contributed by atoms with van der Waals surface area (Å²) in [5, 5.41) is 9.45. The van der Waals surface area contributed by atoms with Crippen LogP contribution in [0.1, 0.15) is 17.5 Å². The summed E-state index contributed by atoms with van der Waals surface area (Å²) in [6, 6.07) is 5.79. The lowest BCUT2D eigenvalue weighted by Gasteiger charge is -2.27. The molecule has 0 radical (unpaired) electrons. The van der Waals surface area contributed by atoms with Crippen molar-refractivity contribution in [3.8, 4) is 5.75 Å². The van der Waals surface area contributed by atoms with Crippen LogP contribution in [0, 0.1) is 5.92 Å². The smallest absolute Gasteiger partial charge is 0.115 e. The van der Waals surface area contributed by atoms with Gasteiger partial charge in [0, 0.05) is 6.54 Å². The summed E-state index contributed by atoms with van der Waals surface area (Å²) in [6.07, 6.45) is 3.55. The fourth-order valence-corrected chi connectivity index (χ4v) is 2.49. The van der Waals surface area contributed by atoms with Crippen LogP contribution in [0.4, 0.5) is 0 Å². The fourth-order valence-electron chi connectivity index (χ4n) is 2.49. The molecular weight excluding hydrogens is 222 g/mol. The van der Waals surface area contributed by atoms with Gasteiger partial charge in [-0.2, -0.15) is 0 Å². The Morgan fingerprint density at radius 1 is 1.31 bits per heavy atom. The van der Waals surface area contributed by atoms with Crippen LogP contribution in [-0.2, 0) is 12.8 Å². The number of phenolic OH excluding ortho intramolecular Hbond substituents is 1. The van der Waals surface area contributed by atoms with Gasteiger partial charge in [-0.3, -0.25) is 0 Å². The van der Waals surface area contributed by atoms with Crippen LogP contribution in [0.15, 0.2) is 18.2 Å². The van der Waals surface area contributed by atoms with E-state index >= 15 is 0 Å². The van der Waals surface area contributed by atoms with Gasteiger partial charge in [-0.25, -0.2) is 0 Å². The zero-order valence-electron chi connectivity index (χ0n) is 9.94. The molecule has 2 nitrogen and oxygen atoms in total. The van der Waals surface area contributed by atoms with Gasteiger partial charge in [0.1, 0.15) is 5.75 Å². The van der Waals surface area contributed by atoms with Gasteiger partial charge >= 0.3 is 0 Å². The lowest BCUT2D eigenvalue weighted by molar-refractivity contribution is 0.302. The molecule has 2 rings (SSSR count). The molecule has 0 bridgehead atoms. The molecule has 90 valence electrons. The normalized spacial score (nSPS) is 19.1. The first-order valence-electron chi connectivity index (χ1n) is 5.60. The van der Waals surface area contributed by atoms with Crippen LogP contribution in [0.2, 0.25) is 0 Å². The molecule has 1 aromatic rings. The van der Waals surface area contributed by atoms with Crippen LogP contribution in [0.5, 0.6) is 5.75 Å². The number of hydrogen-bond donors (Lipinski definition) is 1. The number of aryl methyl sites for hydroxylation is 1. The SMILES string of the molecule is CN(C)CC1CCc2ccc(O)cc2C1.Cl. The number of halogens is 1. The van der Waals surface area contributed by atoms with Gasteiger partial charge in [0.15, 0.2) is 0 Å². The summed E-state index contributed by atoms with van der Waals surface area (Å²) in [7, 11) is 4.25. The number of phenols is 1. The number of hydrogen-bond acceptors (Lipinski definition) is 2. The van der Waals surface area contributed by atoms with Gasteiger partial charge in [-0.15, -0.1) is 12.4 Å². The molecule has 0 heterocycles. The first kappa shape index (κ1) is 13.3. The molecule has 1 N–H and O–H groups in total. The second-order valence-electron chi connectivity index (χ2n) is 4.82. The van der Waals surface area contributed by atoms with E-state index in [0.717, 1.165) is 25.3 Å². The molecule has 0 fully saturated rings. The molecule has 0 aliphatic heterocycles. The third-order valence-corrected chi connectivity index (χ3v) is 3.14. The second kappa shape index (κ2) is 5.55. The number of aromatic hydroxyl groups is 1. The summed E-state index contributed by atoms with van der Waals surface area (Å²) in [5.41, 5.74) is 2.76. The van der Waals surface area contributed by atoms with Crippen LogP contribution >= 0.6 is 12.4 Å². The highest BCUT2D eigenvalue weighted by molar-refractivity contribution is 5.85. The molecule has 1 aliphatic carbocycles. The van der Waals surface area contributed by atoms with Crippen molar-refractivity contribution >= 4 is 12.4 Å². The predicted molar refractivity (Wildman–Crippen MR) is 69.4 cm³/mol. The van der Waals surface area contributed by atoms with Crippen molar-refractivity contribution in [2.24, 2.45) is 5.92 Å². The lowest BCUT2D eigenvalue weighted by atomic mass is 9.83. The first-order valence-corrected chi connectivity index (χ1v) is 5.60. The van der Waals surface area contributed by atoms with Crippen LogP contribution < -0.4 is 0 Å². The Labute approximate surface area is 104 Å². The largest absolute Gasteiger partial charge is 0.508 e. The van der Waals surface area contributed by atoms with E-state index in [1.807, 2.05) is 6.07 Å². The van der Waals surface area contributed by atoms with E-state index in [-0.39, 0.29) is 12.4 Å². The quantitative estimate of drug-likeness (QED) is 0.860. The van der Waals surface area contributed by atoms with E-state index in [1.165, 1.54) is 17.5 Å². The van der Waals surface area contributed by atoms with Crippen molar-refractivity contribution in [2.45, 2.75) is 19.3 Å². The number of benzene rings is 1. The van der Waals surface area contributed by atoms with E-state index in [4.69, 9.17) is 0 Å². The second-order valence-corrected chi connectivity index (χ2v) is 4.82. The molecule has 0 aromatic heterocycles. The van der Waals surface area contributed by atoms with Gasteiger partial charge in [0.2, 0.25) is 0 Å². The maximum atomic E-state index is 9.45. The molecule has 1 aromatic carbocycles. The molecule has 16 heavy (non-hydrogen) atoms. The minimum atomic E-state index is 0. The highest BCUT2D eigenvalue weighted by Crippen LogP contribution is 2.28. The molecule has 0 spiro atoms. The van der Waals surface area contributed by atoms with Crippen molar-refractivity contribution < 1.29 is 5.11 Å². The topological polar surface area (TPSA) is 23.5 Å². The zero-order valence-corrected chi connectivity index (χ0v) is 10.8. The molecule has 1 aliphatic rings. The summed E-state index contributed by atoms with van der Waals surface area (Å²) >= 11 is 0. The number of fused-ring (bicyclic) bond motifs is 1. The van der Waals surface area contributed by atoms with Gasteiger partial charge in [0.25, 0.3) is 0 Å². The number of nitrogens with zero attached hydrogens (tertiary/aromatic N) is 1. The van der Waals surface area contributed by atoms with E-state index in [2.05, 4.69) is 25.1 Å². The molecular formula is C13H20ClNO. The summed E-state index contributed by atoms with van der Waals surface area (Å²) in [4.78, 5) is 2.25. The third kappa shape index (κ3) is 3.13.